The van der Waals surface area contributed by atoms with Gasteiger partial charge < -0.3 is 19.7 Å². The highest BCUT2D eigenvalue weighted by atomic mass is 32.1. The second kappa shape index (κ2) is 7.76. The fraction of sp³-hybridized carbons (Fsp3) is 0.476. The fourth-order valence-corrected chi connectivity index (χ4v) is 4.45. The lowest BCUT2D eigenvalue weighted by atomic mass is 9.93. The van der Waals surface area contributed by atoms with Crippen molar-refractivity contribution in [1.82, 2.24) is 9.88 Å². The SMILES string of the molecule is Cc1ccc2c(c1)C(=O)N([C@H](C)C(=O)Nc1ncc(C)s1)CC1(CCOCC1)O2. The first-order valence-electron chi connectivity index (χ1n) is 9.79. The quantitative estimate of drug-likeness (QED) is 0.833. The summed E-state index contributed by atoms with van der Waals surface area (Å²) in [5, 5.41) is 3.37. The molecule has 154 valence electrons. The van der Waals surface area contributed by atoms with Crippen molar-refractivity contribution >= 4 is 28.3 Å². The van der Waals surface area contributed by atoms with E-state index in [0.717, 1.165) is 10.4 Å². The molecule has 1 spiro atoms. The molecule has 1 fully saturated rings. The van der Waals surface area contributed by atoms with Gasteiger partial charge in [-0.1, -0.05) is 11.6 Å². The molecule has 0 bridgehead atoms. The number of amides is 2. The molecule has 1 aromatic carbocycles. The van der Waals surface area contributed by atoms with Crippen LogP contribution in [0.3, 0.4) is 0 Å². The number of carbonyl (C=O) groups excluding carboxylic acids is 2. The van der Waals surface area contributed by atoms with Gasteiger partial charge in [0.2, 0.25) is 5.91 Å². The van der Waals surface area contributed by atoms with Crippen LogP contribution in [0.2, 0.25) is 0 Å². The van der Waals surface area contributed by atoms with Gasteiger partial charge in [0.1, 0.15) is 17.4 Å². The molecule has 0 aliphatic carbocycles. The van der Waals surface area contributed by atoms with Gasteiger partial charge in [0.05, 0.1) is 25.3 Å². The molecule has 0 saturated carbocycles. The smallest absolute Gasteiger partial charge is 0.258 e. The number of thiazole rings is 1. The third-order valence-corrected chi connectivity index (χ3v) is 6.34. The van der Waals surface area contributed by atoms with Crippen LogP contribution in [0.25, 0.3) is 0 Å². The minimum Gasteiger partial charge on any atom is -0.484 e. The maximum Gasteiger partial charge on any atom is 0.258 e. The highest BCUT2D eigenvalue weighted by molar-refractivity contribution is 7.15. The summed E-state index contributed by atoms with van der Waals surface area (Å²) < 4.78 is 11.9. The number of rotatable bonds is 3. The Morgan fingerprint density at radius 2 is 2.07 bits per heavy atom. The van der Waals surface area contributed by atoms with Gasteiger partial charge >= 0.3 is 0 Å². The number of hydrogen-bond acceptors (Lipinski definition) is 6. The molecule has 8 heteroatoms. The zero-order valence-electron chi connectivity index (χ0n) is 16.9. The van der Waals surface area contributed by atoms with Crippen LogP contribution in [0, 0.1) is 13.8 Å². The average molecular weight is 416 g/mol. The molecule has 0 radical (unpaired) electrons. The van der Waals surface area contributed by atoms with Crippen LogP contribution >= 0.6 is 11.3 Å². The van der Waals surface area contributed by atoms with E-state index in [1.54, 1.807) is 18.0 Å². The van der Waals surface area contributed by atoms with Gasteiger partial charge in [0, 0.05) is 23.9 Å². The largest absolute Gasteiger partial charge is 0.484 e. The number of aryl methyl sites for hydroxylation is 2. The highest BCUT2D eigenvalue weighted by Crippen LogP contribution is 2.36. The van der Waals surface area contributed by atoms with Crippen LogP contribution in [0.1, 0.15) is 40.6 Å². The number of carbonyl (C=O) groups is 2. The van der Waals surface area contributed by atoms with E-state index in [-0.39, 0.29) is 11.8 Å². The summed E-state index contributed by atoms with van der Waals surface area (Å²) in [6, 6.07) is 4.96. The standard InChI is InChI=1S/C21H25N3O4S/c1-13-4-5-17-16(10-13)19(26)24(12-21(28-17)6-8-27-9-7-21)15(3)18(25)23-20-22-11-14(2)29-20/h4-5,10-11,15H,6-9,12H2,1-3H3,(H,22,23,25)/t15-/m1/s1. The monoisotopic (exact) mass is 415 g/mol. The van der Waals surface area contributed by atoms with Crippen molar-refractivity contribution in [2.45, 2.75) is 45.3 Å². The minimum atomic E-state index is -0.665. The summed E-state index contributed by atoms with van der Waals surface area (Å²) >= 11 is 1.41. The molecule has 1 N–H and O–H groups in total. The molecule has 4 rings (SSSR count). The first-order chi connectivity index (χ1) is 13.9. The molecule has 7 nitrogen and oxygen atoms in total. The van der Waals surface area contributed by atoms with Crippen LogP contribution in [0.4, 0.5) is 5.13 Å². The molecule has 2 aromatic rings. The van der Waals surface area contributed by atoms with Gasteiger partial charge in [0.15, 0.2) is 5.13 Å². The molecule has 3 heterocycles. The van der Waals surface area contributed by atoms with E-state index < -0.39 is 11.6 Å². The molecule has 29 heavy (non-hydrogen) atoms. The van der Waals surface area contributed by atoms with Crippen LogP contribution in [0.15, 0.2) is 24.4 Å². The van der Waals surface area contributed by atoms with Gasteiger partial charge in [-0.25, -0.2) is 4.98 Å². The minimum absolute atomic E-state index is 0.190. The second-order valence-corrected chi connectivity index (χ2v) is 9.01. The van der Waals surface area contributed by atoms with Gasteiger partial charge in [-0.05, 0) is 32.9 Å². The topological polar surface area (TPSA) is 80.8 Å². The van der Waals surface area contributed by atoms with Crippen LogP contribution in [0.5, 0.6) is 5.75 Å². The van der Waals surface area contributed by atoms with Gasteiger partial charge in [-0.3, -0.25) is 9.59 Å². The van der Waals surface area contributed by atoms with Crippen LogP contribution in [-0.2, 0) is 9.53 Å². The number of fused-ring (bicyclic) bond motifs is 1. The summed E-state index contributed by atoms with van der Waals surface area (Å²) in [6.45, 7) is 7.11. The number of nitrogens with one attached hydrogen (secondary N) is 1. The van der Waals surface area contributed by atoms with E-state index in [1.807, 2.05) is 32.0 Å². The second-order valence-electron chi connectivity index (χ2n) is 7.77. The maximum atomic E-state index is 13.4. The van der Waals surface area contributed by atoms with E-state index in [9.17, 15) is 9.59 Å². The number of anilines is 1. The summed E-state index contributed by atoms with van der Waals surface area (Å²) in [6.07, 6.45) is 3.06. The zero-order chi connectivity index (χ0) is 20.6. The van der Waals surface area contributed by atoms with Gasteiger partial charge in [-0.2, -0.15) is 0 Å². The molecular weight excluding hydrogens is 390 g/mol. The van der Waals surface area contributed by atoms with Gasteiger partial charge in [0.25, 0.3) is 5.91 Å². The molecule has 1 aromatic heterocycles. The van der Waals surface area contributed by atoms with E-state index in [1.165, 1.54) is 11.3 Å². The number of benzene rings is 1. The van der Waals surface area contributed by atoms with Crippen molar-refractivity contribution in [2.24, 2.45) is 0 Å². The Morgan fingerprint density at radius 1 is 1.31 bits per heavy atom. The Balaban J connectivity index is 1.66. The summed E-state index contributed by atoms with van der Waals surface area (Å²) in [7, 11) is 0. The number of ether oxygens (including phenoxy) is 2. The lowest BCUT2D eigenvalue weighted by molar-refractivity contribution is -0.121. The van der Waals surface area contributed by atoms with Crippen molar-refractivity contribution in [3.63, 3.8) is 0 Å². The zero-order valence-corrected chi connectivity index (χ0v) is 17.7. The van der Waals surface area contributed by atoms with Gasteiger partial charge in [-0.15, -0.1) is 11.3 Å². The highest BCUT2D eigenvalue weighted by Gasteiger charge is 2.44. The predicted molar refractivity (Wildman–Crippen MR) is 111 cm³/mol. The maximum absolute atomic E-state index is 13.4. The predicted octanol–water partition coefficient (Wildman–Crippen LogP) is 3.17. The summed E-state index contributed by atoms with van der Waals surface area (Å²) in [5.74, 6) is 0.129. The first kappa shape index (κ1) is 19.8. The lowest BCUT2D eigenvalue weighted by Gasteiger charge is -2.40. The number of nitrogens with zero attached hydrogens (tertiary/aromatic N) is 2. The molecule has 1 saturated heterocycles. The molecular formula is C21H25N3O4S. The Hall–Kier alpha value is -2.45. The molecule has 2 amide bonds. The Labute approximate surface area is 174 Å². The normalized spacial score (nSPS) is 19.3. The van der Waals surface area contributed by atoms with E-state index in [0.29, 0.717) is 49.0 Å². The van der Waals surface area contributed by atoms with Crippen molar-refractivity contribution in [2.75, 3.05) is 25.1 Å². The summed E-state index contributed by atoms with van der Waals surface area (Å²) in [5.41, 5.74) is 0.915. The van der Waals surface area contributed by atoms with Crippen LogP contribution < -0.4 is 10.1 Å². The first-order valence-corrected chi connectivity index (χ1v) is 10.6. The number of hydrogen-bond donors (Lipinski definition) is 1. The molecule has 0 unspecified atom stereocenters. The third-order valence-electron chi connectivity index (χ3n) is 5.51. The van der Waals surface area contributed by atoms with E-state index in [2.05, 4.69) is 10.3 Å². The number of aromatic nitrogens is 1. The molecule has 2 aliphatic rings. The van der Waals surface area contributed by atoms with Crippen molar-refractivity contribution in [3.05, 3.63) is 40.4 Å². The van der Waals surface area contributed by atoms with Crippen molar-refractivity contribution in [3.8, 4) is 5.75 Å². The average Bonchev–Trinajstić information content (AvgIpc) is 3.07. The van der Waals surface area contributed by atoms with Crippen molar-refractivity contribution < 1.29 is 19.1 Å². The Kier molecular flexibility index (Phi) is 5.31. The molecule has 2 aliphatic heterocycles. The van der Waals surface area contributed by atoms with Crippen LogP contribution in [-0.4, -0.2) is 53.1 Å². The fourth-order valence-electron chi connectivity index (χ4n) is 3.78. The Morgan fingerprint density at radius 3 is 2.76 bits per heavy atom. The molecule has 1 atom stereocenters. The Bertz CT molecular complexity index is 936. The van der Waals surface area contributed by atoms with E-state index in [4.69, 9.17) is 9.47 Å². The van der Waals surface area contributed by atoms with Crippen molar-refractivity contribution in [1.29, 1.82) is 0 Å². The summed E-state index contributed by atoms with van der Waals surface area (Å²) in [4.78, 5) is 33.2. The lowest BCUT2D eigenvalue weighted by Crippen LogP contribution is -2.55. The van der Waals surface area contributed by atoms with E-state index >= 15 is 0 Å². The third kappa shape index (κ3) is 4.00.